The third-order valence-electron chi connectivity index (χ3n) is 8.40. The van der Waals surface area contributed by atoms with E-state index in [1.54, 1.807) is 9.80 Å². The number of hydrogen-bond acceptors (Lipinski definition) is 6. The molecule has 9 nitrogen and oxygen atoms in total. The number of fused-ring (bicyclic) bond motifs is 2. The second-order valence-corrected chi connectivity index (χ2v) is 12.5. The number of pyridine rings is 1. The Hall–Kier alpha value is -3.33. The van der Waals surface area contributed by atoms with Gasteiger partial charge in [-0.05, 0) is 88.7 Å². The van der Waals surface area contributed by atoms with Gasteiger partial charge in [-0.1, -0.05) is 18.2 Å². The van der Waals surface area contributed by atoms with Gasteiger partial charge in [-0.15, -0.1) is 0 Å². The molecule has 0 saturated carbocycles. The molecule has 2 amide bonds. The summed E-state index contributed by atoms with van der Waals surface area (Å²) in [6.07, 6.45) is 4.66. The van der Waals surface area contributed by atoms with Crippen molar-refractivity contribution in [3.05, 3.63) is 58.4 Å². The molecule has 1 fully saturated rings. The van der Waals surface area contributed by atoms with Crippen molar-refractivity contribution in [1.29, 1.82) is 0 Å². The molecule has 3 heterocycles. The molecular formula is C31H43N5O4. The number of nitrogens with zero attached hydrogens (tertiary/aromatic N) is 5. The summed E-state index contributed by atoms with van der Waals surface area (Å²) in [5.41, 5.74) is 6.57. The molecule has 1 aromatic carbocycles. The summed E-state index contributed by atoms with van der Waals surface area (Å²) in [6, 6.07) is 8.50. The Morgan fingerprint density at radius 3 is 2.60 bits per heavy atom. The molecule has 1 N–H and O–H groups in total. The lowest BCUT2D eigenvalue weighted by molar-refractivity contribution is 0.0240. The summed E-state index contributed by atoms with van der Waals surface area (Å²) >= 11 is 0. The van der Waals surface area contributed by atoms with Gasteiger partial charge in [0.15, 0.2) is 0 Å². The van der Waals surface area contributed by atoms with Gasteiger partial charge in [0.05, 0.1) is 17.8 Å². The normalized spacial score (nSPS) is 21.2. The third kappa shape index (κ3) is 6.04. The van der Waals surface area contributed by atoms with E-state index in [1.807, 2.05) is 33.0 Å². The lowest BCUT2D eigenvalue weighted by atomic mass is 9.88. The molecule has 9 heteroatoms. The molecule has 1 aromatic heterocycles. The summed E-state index contributed by atoms with van der Waals surface area (Å²) in [5, 5.41) is 10.2. The lowest BCUT2D eigenvalue weighted by Crippen LogP contribution is -2.52. The number of carboxylic acid groups (broad SMARTS) is 1. The van der Waals surface area contributed by atoms with Crippen molar-refractivity contribution >= 4 is 17.9 Å². The zero-order valence-corrected chi connectivity index (χ0v) is 24.5. The van der Waals surface area contributed by atoms with Crippen LogP contribution < -0.4 is 4.90 Å². The van der Waals surface area contributed by atoms with Crippen LogP contribution in [0.4, 0.5) is 15.3 Å². The number of anilines is 1. The predicted molar refractivity (Wildman–Crippen MR) is 155 cm³/mol. The number of aryl methyl sites for hydroxylation is 2. The van der Waals surface area contributed by atoms with Crippen LogP contribution in [-0.2, 0) is 24.1 Å². The van der Waals surface area contributed by atoms with Gasteiger partial charge in [-0.25, -0.2) is 9.59 Å². The van der Waals surface area contributed by atoms with Crippen LogP contribution in [0.25, 0.3) is 0 Å². The highest BCUT2D eigenvalue weighted by molar-refractivity contribution is 5.70. The monoisotopic (exact) mass is 549 g/mol. The largest absolute Gasteiger partial charge is 0.465 e. The summed E-state index contributed by atoms with van der Waals surface area (Å²) in [6.45, 7) is 11.4. The van der Waals surface area contributed by atoms with Crippen molar-refractivity contribution in [3.63, 3.8) is 0 Å². The van der Waals surface area contributed by atoms with Gasteiger partial charge in [0.2, 0.25) is 0 Å². The molecule has 1 aliphatic carbocycles. The third-order valence-corrected chi connectivity index (χ3v) is 8.40. The first-order chi connectivity index (χ1) is 19.0. The number of amides is 2. The first kappa shape index (κ1) is 28.2. The second kappa shape index (κ2) is 11.3. The first-order valence-electron chi connectivity index (χ1n) is 14.5. The van der Waals surface area contributed by atoms with Crippen molar-refractivity contribution in [1.82, 2.24) is 19.7 Å². The molecule has 2 aromatic rings. The van der Waals surface area contributed by atoms with Crippen molar-refractivity contribution in [2.45, 2.75) is 77.6 Å². The van der Waals surface area contributed by atoms with Crippen LogP contribution in [0.15, 0.2) is 30.5 Å². The fourth-order valence-electron chi connectivity index (χ4n) is 6.45. The Morgan fingerprint density at radius 2 is 1.90 bits per heavy atom. The number of benzene rings is 1. The Bertz CT molecular complexity index is 1250. The molecule has 0 bridgehead atoms. The maximum absolute atomic E-state index is 12.6. The van der Waals surface area contributed by atoms with E-state index in [0.717, 1.165) is 36.2 Å². The average Bonchev–Trinajstić information content (AvgIpc) is 2.91. The van der Waals surface area contributed by atoms with E-state index in [4.69, 9.17) is 9.72 Å². The first-order valence-corrected chi connectivity index (χ1v) is 14.5. The van der Waals surface area contributed by atoms with Crippen LogP contribution >= 0.6 is 0 Å². The van der Waals surface area contributed by atoms with Crippen LogP contribution in [0, 0.1) is 6.92 Å². The molecular weight excluding hydrogens is 506 g/mol. The minimum Gasteiger partial charge on any atom is -0.465 e. The van der Waals surface area contributed by atoms with Crippen LogP contribution in [0.1, 0.15) is 67.6 Å². The van der Waals surface area contributed by atoms with Crippen molar-refractivity contribution in [2.75, 3.05) is 44.7 Å². The number of likely N-dealkylation sites (N-methyl/N-ethyl adjacent to an activating group) is 1. The molecule has 3 aliphatic rings. The van der Waals surface area contributed by atoms with Crippen molar-refractivity contribution < 1.29 is 19.4 Å². The van der Waals surface area contributed by atoms with Gasteiger partial charge in [0.25, 0.3) is 0 Å². The standard InChI is InChI=1S/C31H43N5O4/c1-21-16-22-8-6-11-27(28(22)32-18-21)33(5)20-24-17-25-23(19-36(24)29(37)38)9-7-10-26(25)34-12-14-35(15-13-34)30(39)40-31(2,3)4/h7,9-10,16,18,24,27H,6,8,11-15,17,19-20H2,1-5H3,(H,37,38). The Balaban J connectivity index is 1.32. The number of piperazine rings is 1. The molecule has 5 rings (SSSR count). The van der Waals surface area contributed by atoms with Crippen molar-refractivity contribution in [3.8, 4) is 0 Å². The maximum Gasteiger partial charge on any atom is 0.410 e. The zero-order chi connectivity index (χ0) is 28.6. The van der Waals surface area contributed by atoms with E-state index in [1.165, 1.54) is 16.7 Å². The smallest absolute Gasteiger partial charge is 0.410 e. The zero-order valence-electron chi connectivity index (χ0n) is 24.5. The highest BCUT2D eigenvalue weighted by atomic mass is 16.6. The second-order valence-electron chi connectivity index (χ2n) is 12.5. The molecule has 1 saturated heterocycles. The molecule has 216 valence electrons. The van der Waals surface area contributed by atoms with E-state index in [2.05, 4.69) is 42.0 Å². The highest BCUT2D eigenvalue weighted by Crippen LogP contribution is 2.36. The average molecular weight is 550 g/mol. The molecule has 2 atom stereocenters. The van der Waals surface area contributed by atoms with Crippen LogP contribution in [0.3, 0.4) is 0 Å². The fourth-order valence-corrected chi connectivity index (χ4v) is 6.45. The molecule has 2 unspecified atom stereocenters. The van der Waals surface area contributed by atoms with Crippen LogP contribution in [0.5, 0.6) is 0 Å². The Morgan fingerprint density at radius 1 is 1.15 bits per heavy atom. The minimum atomic E-state index is -0.877. The predicted octanol–water partition coefficient (Wildman–Crippen LogP) is 4.86. The number of rotatable bonds is 4. The molecule has 40 heavy (non-hydrogen) atoms. The molecule has 0 spiro atoms. The minimum absolute atomic E-state index is 0.157. The number of ether oxygens (including phenoxy) is 1. The van der Waals surface area contributed by atoms with Gasteiger partial charge in [-0.3, -0.25) is 14.8 Å². The van der Waals surface area contributed by atoms with Gasteiger partial charge >= 0.3 is 12.2 Å². The van der Waals surface area contributed by atoms with E-state index in [-0.39, 0.29) is 18.2 Å². The SMILES string of the molecule is Cc1cnc2c(c1)CCCC2N(C)CC1Cc2c(cccc2N2CCN(C(=O)OC(C)(C)C)CC2)CN1C(=O)O. The van der Waals surface area contributed by atoms with Crippen molar-refractivity contribution in [2.24, 2.45) is 0 Å². The topological polar surface area (TPSA) is 89.5 Å². The summed E-state index contributed by atoms with van der Waals surface area (Å²) in [4.78, 5) is 37.8. The number of hydrogen-bond donors (Lipinski definition) is 1. The Kier molecular flexibility index (Phi) is 7.95. The van der Waals surface area contributed by atoms with E-state index in [9.17, 15) is 14.7 Å². The molecule has 0 radical (unpaired) electrons. The maximum atomic E-state index is 12.6. The van der Waals surface area contributed by atoms with Gasteiger partial charge < -0.3 is 19.6 Å². The van der Waals surface area contributed by atoms with E-state index < -0.39 is 11.7 Å². The van der Waals surface area contributed by atoms with E-state index >= 15 is 0 Å². The molecule has 2 aliphatic heterocycles. The summed E-state index contributed by atoms with van der Waals surface area (Å²) in [7, 11) is 2.11. The summed E-state index contributed by atoms with van der Waals surface area (Å²) < 4.78 is 5.57. The Labute approximate surface area is 237 Å². The summed E-state index contributed by atoms with van der Waals surface area (Å²) in [5.74, 6) is 0. The fraction of sp³-hybridized carbons (Fsp3) is 0.581. The number of aromatic nitrogens is 1. The lowest BCUT2D eigenvalue weighted by Gasteiger charge is -2.42. The van der Waals surface area contributed by atoms with E-state index in [0.29, 0.717) is 45.7 Å². The number of carbonyl (C=O) groups is 2. The van der Waals surface area contributed by atoms with Gasteiger partial charge in [0.1, 0.15) is 5.60 Å². The van der Waals surface area contributed by atoms with Crippen LogP contribution in [0.2, 0.25) is 0 Å². The highest BCUT2D eigenvalue weighted by Gasteiger charge is 2.35. The van der Waals surface area contributed by atoms with Gasteiger partial charge in [-0.2, -0.15) is 0 Å². The number of carbonyl (C=O) groups excluding carboxylic acids is 1. The van der Waals surface area contributed by atoms with Crippen LogP contribution in [-0.4, -0.2) is 88.4 Å². The van der Waals surface area contributed by atoms with Gasteiger partial charge in [0, 0.05) is 51.2 Å². The quantitative estimate of drug-likeness (QED) is 0.583.